The highest BCUT2D eigenvalue weighted by molar-refractivity contribution is 5.70. The molecular formula is C16H20N4O2. The van der Waals surface area contributed by atoms with Crippen molar-refractivity contribution in [3.8, 4) is 6.07 Å². The Hall–Kier alpha value is -2.29. The van der Waals surface area contributed by atoms with Crippen molar-refractivity contribution in [3.05, 3.63) is 23.9 Å². The smallest absolute Gasteiger partial charge is 0.410 e. The molecule has 6 nitrogen and oxygen atoms in total. The lowest BCUT2D eigenvalue weighted by Crippen LogP contribution is -2.50. The predicted octanol–water partition coefficient (Wildman–Crippen LogP) is 2.15. The molecule has 3 heterocycles. The Kier molecular flexibility index (Phi) is 3.44. The van der Waals surface area contributed by atoms with Crippen molar-refractivity contribution in [2.75, 3.05) is 18.0 Å². The average Bonchev–Trinajstić information content (AvgIpc) is 3.05. The third kappa shape index (κ3) is 2.71. The maximum absolute atomic E-state index is 12.2. The van der Waals surface area contributed by atoms with Gasteiger partial charge in [0.15, 0.2) is 0 Å². The minimum Gasteiger partial charge on any atom is -0.444 e. The predicted molar refractivity (Wildman–Crippen MR) is 81.4 cm³/mol. The maximum atomic E-state index is 12.2. The lowest BCUT2D eigenvalue weighted by molar-refractivity contribution is 0.0214. The Morgan fingerprint density at radius 3 is 2.64 bits per heavy atom. The van der Waals surface area contributed by atoms with Gasteiger partial charge in [0.25, 0.3) is 0 Å². The molecule has 2 atom stereocenters. The SMILES string of the molecule is CC(C)(C)OC(=O)N1C[C@H]2C[C@@H]1CN2c1ccc(C#N)cn1. The van der Waals surface area contributed by atoms with E-state index >= 15 is 0 Å². The molecule has 0 radical (unpaired) electrons. The van der Waals surface area contributed by atoms with Gasteiger partial charge in [-0.05, 0) is 39.3 Å². The van der Waals surface area contributed by atoms with E-state index in [1.807, 2.05) is 31.7 Å². The summed E-state index contributed by atoms with van der Waals surface area (Å²) in [7, 11) is 0. The van der Waals surface area contributed by atoms with E-state index in [0.717, 1.165) is 18.8 Å². The number of nitrogens with zero attached hydrogens (tertiary/aromatic N) is 4. The number of nitriles is 1. The van der Waals surface area contributed by atoms with Crippen LogP contribution in [-0.2, 0) is 4.74 Å². The van der Waals surface area contributed by atoms with Crippen LogP contribution in [0.15, 0.2) is 18.3 Å². The Labute approximate surface area is 130 Å². The van der Waals surface area contributed by atoms with Crippen LogP contribution in [-0.4, -0.2) is 46.8 Å². The first kappa shape index (κ1) is 14.6. The minimum absolute atomic E-state index is 0.178. The van der Waals surface area contributed by atoms with Crippen LogP contribution in [0.4, 0.5) is 10.6 Å². The molecule has 0 aromatic carbocycles. The van der Waals surface area contributed by atoms with Crippen LogP contribution in [0, 0.1) is 11.3 Å². The zero-order chi connectivity index (χ0) is 15.9. The van der Waals surface area contributed by atoms with Gasteiger partial charge in [0.2, 0.25) is 0 Å². The lowest BCUT2D eigenvalue weighted by atomic mass is 10.2. The molecule has 2 aliphatic rings. The molecule has 1 amide bonds. The van der Waals surface area contributed by atoms with Crippen LogP contribution in [0.5, 0.6) is 0 Å². The van der Waals surface area contributed by atoms with E-state index in [1.165, 1.54) is 0 Å². The topological polar surface area (TPSA) is 69.5 Å². The third-order valence-corrected chi connectivity index (χ3v) is 4.04. The number of piperazine rings is 1. The van der Waals surface area contributed by atoms with Crippen LogP contribution in [0.2, 0.25) is 0 Å². The molecule has 3 rings (SSSR count). The standard InChI is InChI=1S/C16H20N4O2/c1-16(2,3)22-15(21)20-10-12-6-13(20)9-19(12)14-5-4-11(7-17)8-18-14/h4-5,8,12-13H,6,9-10H2,1-3H3/t12-,13-/m1/s1. The number of amides is 1. The fourth-order valence-corrected chi connectivity index (χ4v) is 3.11. The molecule has 22 heavy (non-hydrogen) atoms. The molecule has 116 valence electrons. The highest BCUT2D eigenvalue weighted by Gasteiger charge is 2.46. The molecule has 0 N–H and O–H groups in total. The Morgan fingerprint density at radius 2 is 2.14 bits per heavy atom. The van der Waals surface area contributed by atoms with E-state index < -0.39 is 5.60 Å². The number of rotatable bonds is 1. The van der Waals surface area contributed by atoms with Gasteiger partial charge in [-0.15, -0.1) is 0 Å². The number of hydrogen-bond donors (Lipinski definition) is 0. The summed E-state index contributed by atoms with van der Waals surface area (Å²) in [5, 5.41) is 8.83. The van der Waals surface area contributed by atoms with Gasteiger partial charge >= 0.3 is 6.09 Å². The van der Waals surface area contributed by atoms with Crippen molar-refractivity contribution in [1.29, 1.82) is 5.26 Å². The number of ether oxygens (including phenoxy) is 1. The number of hydrogen-bond acceptors (Lipinski definition) is 5. The summed E-state index contributed by atoms with van der Waals surface area (Å²) in [4.78, 5) is 20.6. The Morgan fingerprint density at radius 1 is 1.36 bits per heavy atom. The van der Waals surface area contributed by atoms with Crippen LogP contribution in [0.25, 0.3) is 0 Å². The Balaban J connectivity index is 1.66. The number of carbonyl (C=O) groups is 1. The second kappa shape index (κ2) is 5.16. The number of fused-ring (bicyclic) bond motifs is 2. The van der Waals surface area contributed by atoms with Crippen LogP contribution < -0.4 is 4.90 Å². The van der Waals surface area contributed by atoms with E-state index in [9.17, 15) is 4.79 Å². The maximum Gasteiger partial charge on any atom is 0.410 e. The Bertz CT molecular complexity index is 615. The van der Waals surface area contributed by atoms with Crippen molar-refractivity contribution in [2.24, 2.45) is 0 Å². The van der Waals surface area contributed by atoms with Crippen molar-refractivity contribution in [3.63, 3.8) is 0 Å². The molecular weight excluding hydrogens is 280 g/mol. The number of anilines is 1. The van der Waals surface area contributed by atoms with Crippen LogP contribution in [0.3, 0.4) is 0 Å². The monoisotopic (exact) mass is 300 g/mol. The summed E-state index contributed by atoms with van der Waals surface area (Å²) in [5.41, 5.74) is 0.0938. The second-order valence-electron chi connectivity index (χ2n) is 6.85. The van der Waals surface area contributed by atoms with E-state index in [1.54, 1.807) is 12.3 Å². The largest absolute Gasteiger partial charge is 0.444 e. The van der Waals surface area contributed by atoms with E-state index in [-0.39, 0.29) is 18.2 Å². The summed E-state index contributed by atoms with van der Waals surface area (Å²) in [6.07, 6.45) is 2.31. The highest BCUT2D eigenvalue weighted by Crippen LogP contribution is 2.34. The van der Waals surface area contributed by atoms with Gasteiger partial charge in [0, 0.05) is 19.3 Å². The van der Waals surface area contributed by atoms with Gasteiger partial charge in [0.05, 0.1) is 17.6 Å². The summed E-state index contributed by atoms with van der Waals surface area (Å²) >= 11 is 0. The summed E-state index contributed by atoms with van der Waals surface area (Å²) in [6.45, 7) is 7.08. The number of likely N-dealkylation sites (tertiary alicyclic amines) is 1. The third-order valence-electron chi connectivity index (χ3n) is 4.04. The van der Waals surface area contributed by atoms with Gasteiger partial charge in [0.1, 0.15) is 17.5 Å². The van der Waals surface area contributed by atoms with Gasteiger partial charge in [-0.2, -0.15) is 5.26 Å². The van der Waals surface area contributed by atoms with Crippen LogP contribution >= 0.6 is 0 Å². The summed E-state index contributed by atoms with van der Waals surface area (Å²) in [6, 6.07) is 6.18. The van der Waals surface area contributed by atoms with Crippen molar-refractivity contribution in [2.45, 2.75) is 44.9 Å². The summed E-state index contributed by atoms with van der Waals surface area (Å²) in [5.74, 6) is 0.871. The molecule has 0 saturated carbocycles. The van der Waals surface area contributed by atoms with Gasteiger partial charge in [-0.1, -0.05) is 0 Å². The second-order valence-corrected chi connectivity index (χ2v) is 6.85. The highest BCUT2D eigenvalue weighted by atomic mass is 16.6. The van der Waals surface area contributed by atoms with Crippen molar-refractivity contribution in [1.82, 2.24) is 9.88 Å². The molecule has 0 aliphatic carbocycles. The fourth-order valence-electron chi connectivity index (χ4n) is 3.11. The van der Waals surface area contributed by atoms with E-state index in [0.29, 0.717) is 12.1 Å². The molecule has 2 saturated heterocycles. The van der Waals surface area contributed by atoms with Crippen LogP contribution in [0.1, 0.15) is 32.8 Å². The van der Waals surface area contributed by atoms with E-state index in [4.69, 9.17) is 10.00 Å². The minimum atomic E-state index is -0.465. The van der Waals surface area contributed by atoms with Gasteiger partial charge in [-0.25, -0.2) is 9.78 Å². The summed E-state index contributed by atoms with van der Waals surface area (Å²) < 4.78 is 5.46. The number of pyridine rings is 1. The number of aromatic nitrogens is 1. The van der Waals surface area contributed by atoms with Crippen molar-refractivity contribution >= 4 is 11.9 Å². The molecule has 2 aliphatic heterocycles. The first-order valence-electron chi connectivity index (χ1n) is 7.50. The van der Waals surface area contributed by atoms with E-state index in [2.05, 4.69) is 16.0 Å². The molecule has 1 aromatic rings. The van der Waals surface area contributed by atoms with Crippen molar-refractivity contribution < 1.29 is 9.53 Å². The zero-order valence-corrected chi connectivity index (χ0v) is 13.1. The quantitative estimate of drug-likeness (QED) is 0.795. The van der Waals surface area contributed by atoms with Gasteiger partial charge in [-0.3, -0.25) is 0 Å². The first-order chi connectivity index (χ1) is 10.4. The molecule has 6 heteroatoms. The molecule has 0 unspecified atom stereocenters. The molecule has 2 fully saturated rings. The lowest BCUT2D eigenvalue weighted by Gasteiger charge is -2.35. The van der Waals surface area contributed by atoms with Gasteiger partial charge < -0.3 is 14.5 Å². The zero-order valence-electron chi connectivity index (χ0n) is 13.1. The molecule has 0 spiro atoms. The fraction of sp³-hybridized carbons (Fsp3) is 0.562. The average molecular weight is 300 g/mol. The molecule has 1 aromatic heterocycles. The first-order valence-corrected chi connectivity index (χ1v) is 7.50. The normalized spacial score (nSPS) is 23.5. The molecule has 2 bridgehead atoms. The number of carbonyl (C=O) groups excluding carboxylic acids is 1.